The van der Waals surface area contributed by atoms with Crippen LogP contribution in [0.25, 0.3) is 5.57 Å². The molecule has 4 rings (SSSR count). The van der Waals surface area contributed by atoms with E-state index in [-0.39, 0.29) is 18.6 Å². The van der Waals surface area contributed by atoms with Gasteiger partial charge in [0, 0.05) is 53.9 Å². The first-order valence-electron chi connectivity index (χ1n) is 13.0. The lowest BCUT2D eigenvalue weighted by Gasteiger charge is -2.37. The number of amides is 1. The van der Waals surface area contributed by atoms with Crippen molar-refractivity contribution in [2.24, 2.45) is 4.99 Å². The molecule has 5 unspecified atom stereocenters. The monoisotopic (exact) mass is 525 g/mol. The van der Waals surface area contributed by atoms with Crippen molar-refractivity contribution in [2.45, 2.75) is 58.2 Å². The number of alkyl halides is 1. The van der Waals surface area contributed by atoms with E-state index in [9.17, 15) is 14.3 Å². The number of nitrogens with one attached hydrogen (secondary N) is 1. The molecule has 1 saturated heterocycles. The summed E-state index contributed by atoms with van der Waals surface area (Å²) >= 11 is 0. The average molecular weight is 526 g/mol. The molecule has 0 aliphatic carbocycles. The summed E-state index contributed by atoms with van der Waals surface area (Å²) in [4.78, 5) is 28.7. The van der Waals surface area contributed by atoms with Crippen molar-refractivity contribution in [1.29, 1.82) is 0 Å². The van der Waals surface area contributed by atoms with E-state index in [1.807, 2.05) is 13.0 Å². The van der Waals surface area contributed by atoms with E-state index in [0.717, 1.165) is 29.9 Å². The number of nitrogens with zero attached hydrogens (tertiary/aromatic N) is 4. The lowest BCUT2D eigenvalue weighted by Crippen LogP contribution is -2.49. The first-order valence-corrected chi connectivity index (χ1v) is 13.0. The Balaban J connectivity index is 1.56. The summed E-state index contributed by atoms with van der Waals surface area (Å²) in [5, 5.41) is 12.6. The number of ether oxygens (including phenoxy) is 2. The van der Waals surface area contributed by atoms with Gasteiger partial charge in [0.1, 0.15) is 6.17 Å². The maximum atomic E-state index is 13.8. The Labute approximate surface area is 222 Å². The van der Waals surface area contributed by atoms with Gasteiger partial charge in [-0.25, -0.2) is 4.39 Å². The van der Waals surface area contributed by atoms with Crippen molar-refractivity contribution in [3.05, 3.63) is 59.2 Å². The van der Waals surface area contributed by atoms with Crippen LogP contribution in [0.4, 0.5) is 10.1 Å². The van der Waals surface area contributed by atoms with Gasteiger partial charge in [0.15, 0.2) is 6.23 Å². The molecule has 0 saturated carbocycles. The molecule has 2 aliphatic heterocycles. The maximum absolute atomic E-state index is 13.8. The molecule has 2 aliphatic rings. The molecule has 2 N–H and O–H groups in total. The number of hydrogen-bond donors (Lipinski definition) is 2. The third-order valence-electron chi connectivity index (χ3n) is 6.83. The Morgan fingerprint density at radius 1 is 1.26 bits per heavy atom. The van der Waals surface area contributed by atoms with Crippen LogP contribution in [0, 0.1) is 6.92 Å². The third kappa shape index (κ3) is 6.87. The van der Waals surface area contributed by atoms with E-state index < -0.39 is 24.4 Å². The van der Waals surface area contributed by atoms with E-state index in [0.29, 0.717) is 30.2 Å². The van der Waals surface area contributed by atoms with Gasteiger partial charge in [-0.2, -0.15) is 0 Å². The van der Waals surface area contributed by atoms with Crippen LogP contribution in [0.3, 0.4) is 0 Å². The zero-order valence-corrected chi connectivity index (χ0v) is 22.3. The summed E-state index contributed by atoms with van der Waals surface area (Å²) in [5.41, 5.74) is 3.96. The lowest BCUT2D eigenvalue weighted by molar-refractivity contribution is -0.0517. The van der Waals surface area contributed by atoms with Crippen molar-refractivity contribution >= 4 is 23.4 Å². The molecule has 1 amide bonds. The molecule has 38 heavy (non-hydrogen) atoms. The molecule has 0 spiro atoms. The largest absolute Gasteiger partial charge is 0.391 e. The summed E-state index contributed by atoms with van der Waals surface area (Å²) in [7, 11) is 0. The van der Waals surface area contributed by atoms with Gasteiger partial charge < -0.3 is 19.9 Å². The Morgan fingerprint density at radius 2 is 2.03 bits per heavy atom. The number of halogens is 1. The Kier molecular flexibility index (Phi) is 9.32. The predicted octanol–water partition coefficient (Wildman–Crippen LogP) is 3.39. The number of rotatable bonds is 9. The van der Waals surface area contributed by atoms with Gasteiger partial charge in [-0.1, -0.05) is 13.0 Å². The average Bonchev–Trinajstić information content (AvgIpc) is 2.93. The number of morpholine rings is 1. The molecule has 0 aromatic carbocycles. The quantitative estimate of drug-likeness (QED) is 0.517. The van der Waals surface area contributed by atoms with Gasteiger partial charge in [0.2, 0.25) is 0 Å². The minimum absolute atomic E-state index is 0.134. The summed E-state index contributed by atoms with van der Waals surface area (Å²) in [6.45, 7) is 9.77. The molecule has 9 nitrogen and oxygen atoms in total. The molecule has 4 heterocycles. The number of aryl methyl sites for hydroxylation is 1. The lowest BCUT2D eigenvalue weighted by atomic mass is 9.98. The number of aliphatic hydroxyl groups excluding tert-OH is 1. The zero-order valence-electron chi connectivity index (χ0n) is 22.3. The minimum Gasteiger partial charge on any atom is -0.391 e. The van der Waals surface area contributed by atoms with Crippen LogP contribution in [-0.4, -0.2) is 89.6 Å². The number of dihydropyridines is 1. The molecule has 2 aromatic heterocycles. The molecule has 0 bridgehead atoms. The summed E-state index contributed by atoms with van der Waals surface area (Å²) in [5.74, 6) is -0.742. The van der Waals surface area contributed by atoms with E-state index in [4.69, 9.17) is 9.47 Å². The SMILES string of the molecule is Cc1ncc(NC(=O)c2ccnc(C(C)C(C)F)c2)cc1C1=CC(N2CCOCC2)C(OCC(C)O)N=C1. The molecule has 204 valence electrons. The second-order valence-electron chi connectivity index (χ2n) is 9.86. The van der Waals surface area contributed by atoms with E-state index in [1.54, 1.807) is 38.4 Å². The molecule has 0 radical (unpaired) electrons. The highest BCUT2D eigenvalue weighted by molar-refractivity contribution is 6.12. The Hall–Kier alpha value is -3.05. The van der Waals surface area contributed by atoms with Crippen LogP contribution in [0.1, 0.15) is 54.0 Å². The van der Waals surface area contributed by atoms with E-state index >= 15 is 0 Å². The predicted molar refractivity (Wildman–Crippen MR) is 144 cm³/mol. The highest BCUT2D eigenvalue weighted by atomic mass is 19.1. The second-order valence-corrected chi connectivity index (χ2v) is 9.86. The van der Waals surface area contributed by atoms with Crippen LogP contribution < -0.4 is 5.32 Å². The summed E-state index contributed by atoms with van der Waals surface area (Å²) in [6, 6.07) is 4.97. The van der Waals surface area contributed by atoms with E-state index in [1.165, 1.54) is 13.1 Å². The van der Waals surface area contributed by atoms with Crippen LogP contribution in [-0.2, 0) is 9.47 Å². The van der Waals surface area contributed by atoms with Gasteiger partial charge in [-0.3, -0.25) is 24.7 Å². The normalized spacial score (nSPS) is 22.4. The fourth-order valence-electron chi connectivity index (χ4n) is 4.42. The number of aliphatic hydroxyl groups is 1. The highest BCUT2D eigenvalue weighted by Crippen LogP contribution is 2.27. The molecule has 2 aromatic rings. The van der Waals surface area contributed by atoms with Crippen molar-refractivity contribution in [2.75, 3.05) is 38.2 Å². The van der Waals surface area contributed by atoms with Crippen LogP contribution in [0.15, 0.2) is 41.7 Å². The van der Waals surface area contributed by atoms with Crippen molar-refractivity contribution < 1.29 is 23.8 Å². The number of aromatic nitrogens is 2. The van der Waals surface area contributed by atoms with Crippen LogP contribution in [0.2, 0.25) is 0 Å². The number of hydrogen-bond acceptors (Lipinski definition) is 8. The maximum Gasteiger partial charge on any atom is 0.255 e. The Morgan fingerprint density at radius 3 is 2.74 bits per heavy atom. The third-order valence-corrected chi connectivity index (χ3v) is 6.83. The minimum atomic E-state index is -1.08. The van der Waals surface area contributed by atoms with Gasteiger partial charge in [-0.05, 0) is 44.5 Å². The zero-order chi connectivity index (χ0) is 27.2. The summed E-state index contributed by atoms with van der Waals surface area (Å²) < 4.78 is 25.2. The van der Waals surface area contributed by atoms with Crippen molar-refractivity contribution in [1.82, 2.24) is 14.9 Å². The van der Waals surface area contributed by atoms with Gasteiger partial charge in [0.05, 0.1) is 43.9 Å². The smallest absolute Gasteiger partial charge is 0.255 e. The first kappa shape index (κ1) is 28.0. The molecular weight excluding hydrogens is 489 g/mol. The second kappa shape index (κ2) is 12.7. The number of anilines is 1. The van der Waals surface area contributed by atoms with Gasteiger partial charge in [-0.15, -0.1) is 0 Å². The van der Waals surface area contributed by atoms with Crippen LogP contribution in [0.5, 0.6) is 0 Å². The molecule has 10 heteroatoms. The molecular formula is C28H36FN5O4. The van der Waals surface area contributed by atoms with Crippen molar-refractivity contribution in [3.8, 4) is 0 Å². The highest BCUT2D eigenvalue weighted by Gasteiger charge is 2.31. The standard InChI is InChI=1S/C28H36FN5O4/c1-17(35)16-38-28-26(34-7-9-37-10-8-34)12-22(14-32-28)24-13-23(15-31-20(24)4)33-27(36)21-5-6-30-25(11-21)18(2)19(3)29/h5-6,11-15,17-19,26,28,35H,7-10,16H2,1-4H3,(H,33,36). The number of aliphatic imine (C=N–C) groups is 1. The first-order chi connectivity index (χ1) is 18.2. The molecule has 1 fully saturated rings. The van der Waals surface area contributed by atoms with Crippen LogP contribution >= 0.6 is 0 Å². The topological polar surface area (TPSA) is 109 Å². The number of carbonyl (C=O) groups excluding carboxylic acids is 1. The van der Waals surface area contributed by atoms with E-state index in [2.05, 4.69) is 31.3 Å². The number of allylic oxidation sites excluding steroid dienone is 1. The fourth-order valence-corrected chi connectivity index (χ4v) is 4.42. The summed E-state index contributed by atoms with van der Waals surface area (Å²) in [6.07, 6.45) is 4.88. The van der Waals surface area contributed by atoms with Gasteiger partial charge >= 0.3 is 0 Å². The van der Waals surface area contributed by atoms with Gasteiger partial charge in [0.25, 0.3) is 5.91 Å². The fraction of sp³-hybridized carbons (Fsp3) is 0.500. The van der Waals surface area contributed by atoms with Crippen molar-refractivity contribution in [3.63, 3.8) is 0 Å². The molecule has 5 atom stereocenters. The Bertz CT molecular complexity index is 1180. The number of carbonyl (C=O) groups is 1. The number of pyridine rings is 2.